The van der Waals surface area contributed by atoms with E-state index in [1.807, 2.05) is 84.3 Å². The summed E-state index contributed by atoms with van der Waals surface area (Å²) in [6.45, 7) is 2.47. The van der Waals surface area contributed by atoms with Gasteiger partial charge in [-0.05, 0) is 66.6 Å². The Hall–Kier alpha value is -4.45. The number of rotatable bonds is 7. The zero-order valence-corrected chi connectivity index (χ0v) is 18.8. The van der Waals surface area contributed by atoms with Gasteiger partial charge in [-0.3, -0.25) is 14.3 Å². The lowest BCUT2D eigenvalue weighted by atomic mass is 10.1. The molecule has 0 bridgehead atoms. The number of hydrogen-bond acceptors (Lipinski definition) is 4. The Kier molecular flexibility index (Phi) is 6.03. The van der Waals surface area contributed by atoms with E-state index in [1.165, 1.54) is 0 Å². The summed E-state index contributed by atoms with van der Waals surface area (Å²) in [7, 11) is 0. The first kappa shape index (κ1) is 21.4. The summed E-state index contributed by atoms with van der Waals surface area (Å²) in [4.78, 5) is 21.2. The van der Waals surface area contributed by atoms with Gasteiger partial charge in [0.2, 0.25) is 0 Å². The van der Waals surface area contributed by atoms with Crippen molar-refractivity contribution >= 4 is 16.9 Å². The fourth-order valence-corrected chi connectivity index (χ4v) is 3.83. The van der Waals surface area contributed by atoms with Crippen LogP contribution in [0.5, 0.6) is 5.75 Å². The van der Waals surface area contributed by atoms with Gasteiger partial charge in [-0.1, -0.05) is 36.4 Å². The summed E-state index contributed by atoms with van der Waals surface area (Å²) in [6, 6.07) is 27.4. The summed E-state index contributed by atoms with van der Waals surface area (Å²) in [6.07, 6.45) is 5.18. The zero-order valence-electron chi connectivity index (χ0n) is 18.8. The third kappa shape index (κ3) is 4.66. The minimum Gasteiger partial charge on any atom is -0.486 e. The van der Waals surface area contributed by atoms with E-state index in [0.29, 0.717) is 12.1 Å². The number of carbonyl (C=O) groups excluding carboxylic acids is 1. The van der Waals surface area contributed by atoms with Gasteiger partial charge in [-0.15, -0.1) is 0 Å². The molecule has 1 unspecified atom stereocenters. The molecule has 3 aromatic carbocycles. The molecule has 2 aromatic heterocycles. The van der Waals surface area contributed by atoms with Gasteiger partial charge in [0.15, 0.2) is 0 Å². The first-order valence-electron chi connectivity index (χ1n) is 11.1. The standard InChI is InChI=1S/C28H24N4O2/c1-20(22-7-3-2-4-8-22)34-25-12-10-24(11-13-25)32-19-31-26-16-23(9-14-27(26)32)28(33)30-18-21-6-5-15-29-17-21/h2-17,19-20H,18H2,1H3,(H,30,33). The summed E-state index contributed by atoms with van der Waals surface area (Å²) in [5, 5.41) is 2.92. The Balaban J connectivity index is 1.29. The average molecular weight is 449 g/mol. The molecule has 168 valence electrons. The molecular formula is C28H24N4O2. The van der Waals surface area contributed by atoms with Crippen molar-refractivity contribution in [1.82, 2.24) is 19.9 Å². The van der Waals surface area contributed by atoms with Gasteiger partial charge >= 0.3 is 0 Å². The molecule has 0 aliphatic rings. The van der Waals surface area contributed by atoms with Crippen molar-refractivity contribution in [1.29, 1.82) is 0 Å². The van der Waals surface area contributed by atoms with Crippen molar-refractivity contribution in [3.63, 3.8) is 0 Å². The topological polar surface area (TPSA) is 69.0 Å². The van der Waals surface area contributed by atoms with Crippen LogP contribution in [-0.4, -0.2) is 20.4 Å². The highest BCUT2D eigenvalue weighted by atomic mass is 16.5. The highest BCUT2D eigenvalue weighted by Gasteiger charge is 2.11. The number of ether oxygens (including phenoxy) is 1. The summed E-state index contributed by atoms with van der Waals surface area (Å²) >= 11 is 0. The van der Waals surface area contributed by atoms with E-state index < -0.39 is 0 Å². The summed E-state index contributed by atoms with van der Waals surface area (Å²) in [5.41, 5.74) is 5.30. The van der Waals surface area contributed by atoms with Crippen molar-refractivity contribution in [3.05, 3.63) is 120 Å². The number of pyridine rings is 1. The van der Waals surface area contributed by atoms with Gasteiger partial charge in [0.25, 0.3) is 5.91 Å². The number of hydrogen-bond donors (Lipinski definition) is 1. The number of aromatic nitrogens is 3. The van der Waals surface area contributed by atoms with E-state index in [4.69, 9.17) is 4.74 Å². The van der Waals surface area contributed by atoms with Crippen LogP contribution in [0.2, 0.25) is 0 Å². The molecule has 0 saturated carbocycles. The largest absolute Gasteiger partial charge is 0.486 e. The molecule has 0 radical (unpaired) electrons. The van der Waals surface area contributed by atoms with Crippen LogP contribution >= 0.6 is 0 Å². The van der Waals surface area contributed by atoms with Crippen LogP contribution in [0.25, 0.3) is 16.7 Å². The van der Waals surface area contributed by atoms with E-state index in [1.54, 1.807) is 18.7 Å². The van der Waals surface area contributed by atoms with E-state index in [2.05, 4.69) is 27.4 Å². The molecular weight excluding hydrogens is 424 g/mol. The molecule has 2 heterocycles. The summed E-state index contributed by atoms with van der Waals surface area (Å²) in [5.74, 6) is 0.659. The van der Waals surface area contributed by atoms with Gasteiger partial charge in [-0.2, -0.15) is 0 Å². The Labute approximate surface area is 197 Å². The van der Waals surface area contributed by atoms with Crippen LogP contribution in [0.4, 0.5) is 0 Å². The molecule has 1 N–H and O–H groups in total. The minimum absolute atomic E-state index is 0.0381. The number of amides is 1. The Morgan fingerprint density at radius 2 is 1.82 bits per heavy atom. The zero-order chi connectivity index (χ0) is 23.3. The van der Waals surface area contributed by atoms with Crippen molar-refractivity contribution in [2.45, 2.75) is 19.6 Å². The van der Waals surface area contributed by atoms with Gasteiger partial charge < -0.3 is 10.1 Å². The normalized spacial score (nSPS) is 11.8. The molecule has 0 fully saturated rings. The summed E-state index contributed by atoms with van der Waals surface area (Å²) < 4.78 is 8.08. The van der Waals surface area contributed by atoms with Crippen molar-refractivity contribution in [3.8, 4) is 11.4 Å². The van der Waals surface area contributed by atoms with Crippen molar-refractivity contribution in [2.24, 2.45) is 0 Å². The number of carbonyl (C=O) groups is 1. The lowest BCUT2D eigenvalue weighted by molar-refractivity contribution is 0.0951. The van der Waals surface area contributed by atoms with Crippen molar-refractivity contribution in [2.75, 3.05) is 0 Å². The molecule has 5 rings (SSSR count). The third-order valence-corrected chi connectivity index (χ3v) is 5.68. The smallest absolute Gasteiger partial charge is 0.251 e. The first-order chi connectivity index (χ1) is 16.7. The molecule has 0 aliphatic heterocycles. The van der Waals surface area contributed by atoms with Gasteiger partial charge in [-0.25, -0.2) is 4.98 Å². The molecule has 5 aromatic rings. The van der Waals surface area contributed by atoms with E-state index in [-0.39, 0.29) is 12.0 Å². The second-order valence-corrected chi connectivity index (χ2v) is 8.03. The fraction of sp³-hybridized carbons (Fsp3) is 0.107. The van der Waals surface area contributed by atoms with Gasteiger partial charge in [0.05, 0.1) is 11.0 Å². The fourth-order valence-electron chi connectivity index (χ4n) is 3.83. The van der Waals surface area contributed by atoms with E-state index >= 15 is 0 Å². The van der Waals surface area contributed by atoms with Crippen LogP contribution in [0.3, 0.4) is 0 Å². The third-order valence-electron chi connectivity index (χ3n) is 5.68. The molecule has 6 heteroatoms. The molecule has 6 nitrogen and oxygen atoms in total. The quantitative estimate of drug-likeness (QED) is 0.357. The maximum absolute atomic E-state index is 12.6. The number of fused-ring (bicyclic) bond motifs is 1. The van der Waals surface area contributed by atoms with Crippen LogP contribution in [-0.2, 0) is 6.54 Å². The highest BCUT2D eigenvalue weighted by molar-refractivity contribution is 5.97. The van der Waals surface area contributed by atoms with Crippen LogP contribution in [0, 0.1) is 0 Å². The lowest BCUT2D eigenvalue weighted by Gasteiger charge is -2.15. The highest BCUT2D eigenvalue weighted by Crippen LogP contribution is 2.25. The number of nitrogens with zero attached hydrogens (tertiary/aromatic N) is 3. The second-order valence-electron chi connectivity index (χ2n) is 8.03. The predicted octanol–water partition coefficient (Wildman–Crippen LogP) is 5.49. The van der Waals surface area contributed by atoms with Crippen LogP contribution in [0.15, 0.2) is 104 Å². The second kappa shape index (κ2) is 9.58. The Morgan fingerprint density at radius 1 is 1.00 bits per heavy atom. The maximum atomic E-state index is 12.6. The van der Waals surface area contributed by atoms with Crippen molar-refractivity contribution < 1.29 is 9.53 Å². The molecule has 34 heavy (non-hydrogen) atoms. The van der Waals surface area contributed by atoms with Crippen LogP contribution < -0.4 is 10.1 Å². The first-order valence-corrected chi connectivity index (χ1v) is 11.1. The van der Waals surface area contributed by atoms with E-state index in [9.17, 15) is 4.79 Å². The predicted molar refractivity (Wildman–Crippen MR) is 132 cm³/mol. The average Bonchev–Trinajstić information content (AvgIpc) is 3.32. The molecule has 0 saturated heterocycles. The van der Waals surface area contributed by atoms with Gasteiger partial charge in [0.1, 0.15) is 18.2 Å². The molecule has 0 aliphatic carbocycles. The number of nitrogens with one attached hydrogen (secondary N) is 1. The van der Waals surface area contributed by atoms with Gasteiger partial charge in [0, 0.05) is 30.2 Å². The number of benzene rings is 3. The molecule has 1 atom stereocenters. The molecule has 0 spiro atoms. The Bertz CT molecular complexity index is 1400. The Morgan fingerprint density at radius 3 is 2.59 bits per heavy atom. The lowest BCUT2D eigenvalue weighted by Crippen LogP contribution is -2.22. The monoisotopic (exact) mass is 448 g/mol. The molecule has 1 amide bonds. The SMILES string of the molecule is CC(Oc1ccc(-n2cnc3cc(C(=O)NCc4cccnc4)ccc32)cc1)c1ccccc1. The maximum Gasteiger partial charge on any atom is 0.251 e. The minimum atomic E-state index is -0.144. The van der Waals surface area contributed by atoms with E-state index in [0.717, 1.165) is 33.6 Å². The number of imidazole rings is 1. The van der Waals surface area contributed by atoms with Crippen LogP contribution in [0.1, 0.15) is 34.5 Å².